The second-order valence-corrected chi connectivity index (χ2v) is 4.51. The number of hydrogen-bond donors (Lipinski definition) is 1. The molecule has 1 aromatic rings. The maximum Gasteiger partial charge on any atom is 0.343 e. The highest BCUT2D eigenvalue weighted by atomic mass is 16.5. The average molecular weight is 284 g/mol. The molecule has 106 valence electrons. The lowest BCUT2D eigenvalue weighted by atomic mass is 9.91. The van der Waals surface area contributed by atoms with Gasteiger partial charge in [-0.05, 0) is 25.1 Å². The van der Waals surface area contributed by atoms with Gasteiger partial charge in [-0.15, -0.1) is 0 Å². The molecule has 0 aliphatic heterocycles. The molecule has 0 bridgehead atoms. The van der Waals surface area contributed by atoms with Crippen molar-refractivity contribution in [1.82, 2.24) is 0 Å². The number of rotatable bonds is 3. The maximum absolute atomic E-state index is 12.0. The van der Waals surface area contributed by atoms with Gasteiger partial charge < -0.3 is 9.84 Å². The van der Waals surface area contributed by atoms with Crippen molar-refractivity contribution in [2.24, 2.45) is 5.92 Å². The molecule has 1 aromatic carbocycles. The highest BCUT2D eigenvalue weighted by Gasteiger charge is 2.30. The first kappa shape index (κ1) is 14.5. The van der Waals surface area contributed by atoms with Gasteiger partial charge in [-0.3, -0.25) is 4.79 Å². The van der Waals surface area contributed by atoms with E-state index in [0.717, 1.165) is 0 Å². The fraction of sp³-hybridized carbons (Fsp3) is 0.125. The Morgan fingerprint density at radius 1 is 1.24 bits per heavy atom. The Kier molecular flexibility index (Phi) is 4.16. The van der Waals surface area contributed by atoms with E-state index in [0.29, 0.717) is 11.1 Å². The number of allylic oxidation sites excluding steroid dienone is 3. The molecule has 0 fully saturated rings. The molecule has 2 rings (SSSR count). The number of hydrogen-bond acceptors (Lipinski definition) is 4. The molecular weight excluding hydrogens is 272 g/mol. The molecule has 1 N–H and O–H groups in total. The first-order chi connectivity index (χ1) is 10.0. The van der Waals surface area contributed by atoms with E-state index < -0.39 is 17.9 Å². The monoisotopic (exact) mass is 284 g/mol. The van der Waals surface area contributed by atoms with Gasteiger partial charge in [-0.25, -0.2) is 9.59 Å². The molecule has 1 aliphatic carbocycles. The van der Waals surface area contributed by atoms with Crippen LogP contribution in [0.3, 0.4) is 0 Å². The van der Waals surface area contributed by atoms with Crippen LogP contribution >= 0.6 is 0 Å². The molecular formula is C16H12O5. The Hall–Kier alpha value is -2.91. The van der Waals surface area contributed by atoms with Crippen molar-refractivity contribution in [3.63, 3.8) is 0 Å². The van der Waals surface area contributed by atoms with Crippen LogP contribution < -0.4 is 0 Å². The summed E-state index contributed by atoms with van der Waals surface area (Å²) in [4.78, 5) is 34.2. The second kappa shape index (κ2) is 6.03. The van der Waals surface area contributed by atoms with E-state index in [-0.39, 0.29) is 11.3 Å². The summed E-state index contributed by atoms with van der Waals surface area (Å²) in [5.41, 5.74) is 0.706. The third-order valence-electron chi connectivity index (χ3n) is 2.95. The Labute approximate surface area is 120 Å². The van der Waals surface area contributed by atoms with Gasteiger partial charge in [0.15, 0.2) is 0 Å². The number of aliphatic carboxylic acids is 1. The number of carbonyl (C=O) groups excluding carboxylic acids is 2. The van der Waals surface area contributed by atoms with Crippen molar-refractivity contribution in [3.05, 3.63) is 65.0 Å². The first-order valence-corrected chi connectivity index (χ1v) is 6.18. The number of carboxylic acid groups (broad SMARTS) is 1. The number of benzene rings is 1. The van der Waals surface area contributed by atoms with E-state index >= 15 is 0 Å². The van der Waals surface area contributed by atoms with Gasteiger partial charge in [0.2, 0.25) is 0 Å². The zero-order valence-corrected chi connectivity index (χ0v) is 11.2. The normalized spacial score (nSPS) is 17.4. The molecule has 0 spiro atoms. The van der Waals surface area contributed by atoms with E-state index in [2.05, 4.69) is 0 Å². The summed E-state index contributed by atoms with van der Waals surface area (Å²) in [6.07, 6.45) is 2.85. The Bertz CT molecular complexity index is 691. The van der Waals surface area contributed by atoms with Crippen molar-refractivity contribution < 1.29 is 24.2 Å². The molecule has 0 saturated heterocycles. The molecule has 0 saturated carbocycles. The van der Waals surface area contributed by atoms with Crippen molar-refractivity contribution >= 4 is 17.9 Å². The number of ether oxygens (including phenoxy) is 1. The summed E-state index contributed by atoms with van der Waals surface area (Å²) in [6, 6.07) is 8.22. The lowest BCUT2D eigenvalue weighted by Gasteiger charge is -2.18. The van der Waals surface area contributed by atoms with E-state index in [4.69, 9.17) is 9.84 Å². The van der Waals surface area contributed by atoms with Gasteiger partial charge in [-0.1, -0.05) is 29.8 Å². The fourth-order valence-corrected chi connectivity index (χ4v) is 1.96. The van der Waals surface area contributed by atoms with Crippen LogP contribution in [0, 0.1) is 5.92 Å². The van der Waals surface area contributed by atoms with E-state index in [1.807, 2.05) is 0 Å². The van der Waals surface area contributed by atoms with Crippen molar-refractivity contribution in [2.45, 2.75) is 6.92 Å². The summed E-state index contributed by atoms with van der Waals surface area (Å²) in [6.45, 7) is 1.66. The second-order valence-electron chi connectivity index (χ2n) is 4.51. The predicted octanol–water partition coefficient (Wildman–Crippen LogP) is 2.15. The minimum atomic E-state index is -1.20. The number of carbonyl (C=O) groups is 2. The molecule has 0 radical (unpaired) electrons. The molecule has 1 aliphatic rings. The lowest BCUT2D eigenvalue weighted by molar-refractivity contribution is -0.139. The largest absolute Gasteiger partial charge is 0.481 e. The van der Waals surface area contributed by atoms with Crippen LogP contribution in [-0.4, -0.2) is 23.0 Å². The highest BCUT2D eigenvalue weighted by Crippen LogP contribution is 2.28. The van der Waals surface area contributed by atoms with Crippen LogP contribution in [-0.2, 0) is 14.3 Å². The molecule has 0 aromatic heterocycles. The van der Waals surface area contributed by atoms with Gasteiger partial charge in [0.25, 0.3) is 0 Å². The van der Waals surface area contributed by atoms with Crippen molar-refractivity contribution in [3.8, 4) is 0 Å². The molecule has 21 heavy (non-hydrogen) atoms. The molecule has 5 nitrogen and oxygen atoms in total. The van der Waals surface area contributed by atoms with Crippen LogP contribution in [0.2, 0.25) is 0 Å². The molecule has 0 amide bonds. The quantitative estimate of drug-likeness (QED) is 0.679. The van der Waals surface area contributed by atoms with Gasteiger partial charge in [-0.2, -0.15) is 0 Å². The average Bonchev–Trinajstić information content (AvgIpc) is 2.47. The molecule has 0 heterocycles. The summed E-state index contributed by atoms with van der Waals surface area (Å²) in [7, 11) is 0. The van der Waals surface area contributed by atoms with Crippen LogP contribution in [0.4, 0.5) is 0 Å². The molecule has 1 unspecified atom stereocenters. The zero-order chi connectivity index (χ0) is 15.4. The van der Waals surface area contributed by atoms with Gasteiger partial charge in [0.05, 0.1) is 11.1 Å². The fourth-order valence-electron chi connectivity index (χ4n) is 1.96. The smallest absolute Gasteiger partial charge is 0.343 e. The van der Waals surface area contributed by atoms with E-state index in [1.54, 1.807) is 43.2 Å². The number of esters is 1. The van der Waals surface area contributed by atoms with E-state index in [1.165, 1.54) is 12.2 Å². The molecule has 5 heteroatoms. The minimum absolute atomic E-state index is 0.0775. The third kappa shape index (κ3) is 3.16. The summed E-state index contributed by atoms with van der Waals surface area (Å²) in [5, 5.41) is 9.11. The lowest BCUT2D eigenvalue weighted by Crippen LogP contribution is -2.21. The first-order valence-electron chi connectivity index (χ1n) is 6.18. The van der Waals surface area contributed by atoms with Gasteiger partial charge in [0, 0.05) is 0 Å². The van der Waals surface area contributed by atoms with Gasteiger partial charge in [0.1, 0.15) is 17.6 Å². The zero-order valence-electron chi connectivity index (χ0n) is 11.2. The summed E-state index contributed by atoms with van der Waals surface area (Å²) in [5.74, 6) is -1.54. The van der Waals surface area contributed by atoms with Crippen LogP contribution in [0.1, 0.15) is 17.3 Å². The summed E-state index contributed by atoms with van der Waals surface area (Å²) >= 11 is 0. The highest BCUT2D eigenvalue weighted by molar-refractivity contribution is 5.91. The van der Waals surface area contributed by atoms with Crippen LogP contribution in [0.15, 0.2) is 59.4 Å². The maximum atomic E-state index is 12.0. The number of carboxylic acids is 1. The Morgan fingerprint density at radius 2 is 1.90 bits per heavy atom. The Balaban J connectivity index is 2.30. The van der Waals surface area contributed by atoms with Crippen molar-refractivity contribution in [2.75, 3.05) is 0 Å². The predicted molar refractivity (Wildman–Crippen MR) is 74.0 cm³/mol. The summed E-state index contributed by atoms with van der Waals surface area (Å²) < 4.78 is 5.15. The minimum Gasteiger partial charge on any atom is -0.481 e. The SMILES string of the molecule is CC1=CC(C(=O)O)C(=C=O)C(OC(=O)c2ccccc2)=C1. The Morgan fingerprint density at radius 3 is 2.48 bits per heavy atom. The standard InChI is InChI=1S/C16H12O5/c1-10-7-12(15(18)19)13(9-17)14(8-10)21-16(20)11-5-3-2-4-6-11/h2-8,12H,1H3,(H,18,19). The molecule has 1 atom stereocenters. The van der Waals surface area contributed by atoms with Crippen LogP contribution in [0.25, 0.3) is 0 Å². The van der Waals surface area contributed by atoms with Gasteiger partial charge >= 0.3 is 11.9 Å². The van der Waals surface area contributed by atoms with Crippen LogP contribution in [0.5, 0.6) is 0 Å². The topological polar surface area (TPSA) is 80.7 Å². The van der Waals surface area contributed by atoms with E-state index in [9.17, 15) is 14.4 Å². The van der Waals surface area contributed by atoms with Crippen molar-refractivity contribution in [1.29, 1.82) is 0 Å². The third-order valence-corrected chi connectivity index (χ3v) is 2.95.